The molecule has 1 aromatic carbocycles. The van der Waals surface area contributed by atoms with Crippen molar-refractivity contribution < 1.29 is 9.90 Å². The summed E-state index contributed by atoms with van der Waals surface area (Å²) in [5.41, 5.74) is 2.24. The van der Waals surface area contributed by atoms with E-state index in [4.69, 9.17) is 5.11 Å². The lowest BCUT2D eigenvalue weighted by molar-refractivity contribution is -0.137. The molecule has 1 N–H and O–H groups in total. The Balaban J connectivity index is 2.50. The number of carboxylic acid groups (broad SMARTS) is 1. The van der Waals surface area contributed by atoms with Crippen molar-refractivity contribution >= 4 is 16.9 Å². The van der Waals surface area contributed by atoms with Gasteiger partial charge in [-0.05, 0) is 22.9 Å². The SMILES string of the molecule is CC(CC(=O)O)c1cccc2ccn(C)c12. The highest BCUT2D eigenvalue weighted by Crippen LogP contribution is 2.27. The maximum Gasteiger partial charge on any atom is 0.303 e. The van der Waals surface area contributed by atoms with E-state index in [1.165, 1.54) is 0 Å². The van der Waals surface area contributed by atoms with Gasteiger partial charge in [0.25, 0.3) is 0 Å². The van der Waals surface area contributed by atoms with E-state index in [0.717, 1.165) is 16.5 Å². The van der Waals surface area contributed by atoms with Gasteiger partial charge in [0.1, 0.15) is 0 Å². The Labute approximate surface area is 94.3 Å². The van der Waals surface area contributed by atoms with E-state index < -0.39 is 5.97 Å². The van der Waals surface area contributed by atoms with Crippen LogP contribution in [0, 0.1) is 0 Å². The number of para-hydroxylation sites is 1. The van der Waals surface area contributed by atoms with E-state index in [2.05, 4.69) is 0 Å². The number of carboxylic acids is 1. The number of aromatic nitrogens is 1. The molecule has 0 fully saturated rings. The predicted molar refractivity (Wildman–Crippen MR) is 63.6 cm³/mol. The lowest BCUT2D eigenvalue weighted by atomic mass is 9.96. The first-order valence-corrected chi connectivity index (χ1v) is 5.35. The van der Waals surface area contributed by atoms with Gasteiger partial charge in [0.05, 0.1) is 11.9 Å². The van der Waals surface area contributed by atoms with Crippen LogP contribution in [-0.4, -0.2) is 15.6 Å². The maximum absolute atomic E-state index is 10.7. The predicted octanol–water partition coefficient (Wildman–Crippen LogP) is 2.76. The summed E-state index contributed by atoms with van der Waals surface area (Å²) in [5, 5.41) is 9.99. The molecule has 84 valence electrons. The number of nitrogens with zero attached hydrogens (tertiary/aromatic N) is 1. The second kappa shape index (κ2) is 4.00. The van der Waals surface area contributed by atoms with E-state index in [1.54, 1.807) is 0 Å². The Morgan fingerprint density at radius 2 is 2.19 bits per heavy atom. The number of hydrogen-bond acceptors (Lipinski definition) is 1. The van der Waals surface area contributed by atoms with Gasteiger partial charge in [0.15, 0.2) is 0 Å². The van der Waals surface area contributed by atoms with Gasteiger partial charge in [0.2, 0.25) is 0 Å². The van der Waals surface area contributed by atoms with E-state index in [0.29, 0.717) is 0 Å². The molecular weight excluding hydrogens is 202 g/mol. The minimum absolute atomic E-state index is 0.0369. The van der Waals surface area contributed by atoms with Crippen LogP contribution in [0.15, 0.2) is 30.5 Å². The van der Waals surface area contributed by atoms with Crippen molar-refractivity contribution in [1.29, 1.82) is 0 Å². The molecule has 1 aromatic heterocycles. The molecule has 2 rings (SSSR count). The molecule has 1 heterocycles. The number of carbonyl (C=O) groups is 1. The smallest absolute Gasteiger partial charge is 0.303 e. The third-order valence-electron chi connectivity index (χ3n) is 2.94. The van der Waals surface area contributed by atoms with Gasteiger partial charge >= 0.3 is 5.97 Å². The average molecular weight is 217 g/mol. The molecule has 1 atom stereocenters. The van der Waals surface area contributed by atoms with Crippen molar-refractivity contribution in [3.63, 3.8) is 0 Å². The molecule has 0 aliphatic heterocycles. The molecule has 3 nitrogen and oxygen atoms in total. The highest BCUT2D eigenvalue weighted by molar-refractivity contribution is 5.84. The van der Waals surface area contributed by atoms with E-state index in [-0.39, 0.29) is 12.3 Å². The van der Waals surface area contributed by atoms with Crippen LogP contribution >= 0.6 is 0 Å². The highest BCUT2D eigenvalue weighted by Gasteiger charge is 2.14. The monoisotopic (exact) mass is 217 g/mol. The van der Waals surface area contributed by atoms with Crippen molar-refractivity contribution in [1.82, 2.24) is 4.57 Å². The Kier molecular flexibility index (Phi) is 2.69. The molecule has 2 aromatic rings. The second-order valence-corrected chi connectivity index (χ2v) is 4.21. The van der Waals surface area contributed by atoms with Crippen molar-refractivity contribution in [2.24, 2.45) is 7.05 Å². The Bertz CT molecular complexity index is 528. The molecule has 0 aliphatic carbocycles. The van der Waals surface area contributed by atoms with Crippen molar-refractivity contribution in [2.75, 3.05) is 0 Å². The molecule has 0 saturated carbocycles. The number of aryl methyl sites for hydroxylation is 1. The normalized spacial score (nSPS) is 12.9. The largest absolute Gasteiger partial charge is 0.481 e. The molecule has 3 heteroatoms. The standard InChI is InChI=1S/C13H15NO2/c1-9(8-12(15)16)11-5-3-4-10-6-7-14(2)13(10)11/h3-7,9H,8H2,1-2H3,(H,15,16). The summed E-state index contributed by atoms with van der Waals surface area (Å²) >= 11 is 0. The number of hydrogen-bond donors (Lipinski definition) is 1. The Morgan fingerprint density at radius 3 is 2.88 bits per heavy atom. The van der Waals surface area contributed by atoms with Crippen molar-refractivity contribution in [3.8, 4) is 0 Å². The molecular formula is C13H15NO2. The fourth-order valence-electron chi connectivity index (χ4n) is 2.16. The minimum atomic E-state index is -0.751. The first kappa shape index (κ1) is 10.7. The fourth-order valence-corrected chi connectivity index (χ4v) is 2.16. The van der Waals surface area contributed by atoms with E-state index in [9.17, 15) is 4.79 Å². The van der Waals surface area contributed by atoms with Gasteiger partial charge in [0, 0.05) is 13.2 Å². The molecule has 0 aliphatic rings. The van der Waals surface area contributed by atoms with Crippen LogP contribution < -0.4 is 0 Å². The number of aliphatic carboxylic acids is 1. The van der Waals surface area contributed by atoms with Crippen LogP contribution in [0.25, 0.3) is 10.9 Å². The summed E-state index contributed by atoms with van der Waals surface area (Å²) in [6.45, 7) is 1.95. The van der Waals surface area contributed by atoms with Crippen LogP contribution in [0.3, 0.4) is 0 Å². The number of benzene rings is 1. The molecule has 0 radical (unpaired) electrons. The summed E-state index contributed by atoms with van der Waals surface area (Å²) in [7, 11) is 1.99. The van der Waals surface area contributed by atoms with Gasteiger partial charge in [-0.15, -0.1) is 0 Å². The van der Waals surface area contributed by atoms with Crippen molar-refractivity contribution in [2.45, 2.75) is 19.3 Å². The number of rotatable bonds is 3. The zero-order chi connectivity index (χ0) is 11.7. The minimum Gasteiger partial charge on any atom is -0.481 e. The van der Waals surface area contributed by atoms with Crippen LogP contribution in [0.5, 0.6) is 0 Å². The topological polar surface area (TPSA) is 42.2 Å². The van der Waals surface area contributed by atoms with Gasteiger partial charge in [-0.25, -0.2) is 0 Å². The third-order valence-corrected chi connectivity index (χ3v) is 2.94. The van der Waals surface area contributed by atoms with Crippen molar-refractivity contribution in [3.05, 3.63) is 36.0 Å². The quantitative estimate of drug-likeness (QED) is 0.859. The van der Waals surface area contributed by atoms with Crippen LogP contribution in [0.1, 0.15) is 24.8 Å². The molecule has 0 spiro atoms. The van der Waals surface area contributed by atoms with Gasteiger partial charge in [-0.3, -0.25) is 4.79 Å². The van der Waals surface area contributed by atoms with E-state index in [1.807, 2.05) is 49.0 Å². The molecule has 0 amide bonds. The lowest BCUT2D eigenvalue weighted by Gasteiger charge is -2.12. The zero-order valence-corrected chi connectivity index (χ0v) is 9.47. The Hall–Kier alpha value is -1.77. The van der Waals surface area contributed by atoms with E-state index >= 15 is 0 Å². The van der Waals surface area contributed by atoms with Gasteiger partial charge < -0.3 is 9.67 Å². The zero-order valence-electron chi connectivity index (χ0n) is 9.47. The number of fused-ring (bicyclic) bond motifs is 1. The fraction of sp³-hybridized carbons (Fsp3) is 0.308. The summed E-state index contributed by atoms with van der Waals surface area (Å²) in [6.07, 6.45) is 2.17. The summed E-state index contributed by atoms with van der Waals surface area (Å²) in [5.74, 6) is -0.714. The molecule has 0 bridgehead atoms. The summed E-state index contributed by atoms with van der Waals surface area (Å²) < 4.78 is 2.04. The molecule has 0 saturated heterocycles. The van der Waals surface area contributed by atoms with Crippen LogP contribution in [0.2, 0.25) is 0 Å². The third kappa shape index (κ3) is 1.81. The second-order valence-electron chi connectivity index (χ2n) is 4.21. The van der Waals surface area contributed by atoms with Crippen LogP contribution in [-0.2, 0) is 11.8 Å². The first-order valence-electron chi connectivity index (χ1n) is 5.35. The summed E-state index contributed by atoms with van der Waals surface area (Å²) in [4.78, 5) is 10.7. The summed E-state index contributed by atoms with van der Waals surface area (Å²) in [6, 6.07) is 8.09. The average Bonchev–Trinajstić information content (AvgIpc) is 2.59. The molecule has 16 heavy (non-hydrogen) atoms. The Morgan fingerprint density at radius 1 is 1.44 bits per heavy atom. The van der Waals surface area contributed by atoms with Gasteiger partial charge in [-0.1, -0.05) is 25.1 Å². The van der Waals surface area contributed by atoms with Crippen LogP contribution in [0.4, 0.5) is 0 Å². The lowest BCUT2D eigenvalue weighted by Crippen LogP contribution is -2.04. The van der Waals surface area contributed by atoms with Gasteiger partial charge in [-0.2, -0.15) is 0 Å². The highest BCUT2D eigenvalue weighted by atomic mass is 16.4. The maximum atomic E-state index is 10.7. The first-order chi connectivity index (χ1) is 7.59. The molecule has 1 unspecified atom stereocenters.